The Kier molecular flexibility index (Phi) is 2.72. The molecule has 0 aliphatic carbocycles. The van der Waals surface area contributed by atoms with Crippen molar-refractivity contribution < 1.29 is 14.7 Å². The summed E-state index contributed by atoms with van der Waals surface area (Å²) in [5, 5.41) is 8.81. The number of fused-ring (bicyclic) bond motifs is 1. The number of benzene rings is 1. The first-order valence-corrected chi connectivity index (χ1v) is 4.97. The third kappa shape index (κ3) is 1.60. The van der Waals surface area contributed by atoms with Crippen molar-refractivity contribution in [2.24, 2.45) is 5.73 Å². The van der Waals surface area contributed by atoms with Crippen molar-refractivity contribution in [3.8, 4) is 0 Å². The monoisotopic (exact) mass is 220 g/mol. The van der Waals surface area contributed by atoms with Crippen LogP contribution >= 0.6 is 0 Å². The summed E-state index contributed by atoms with van der Waals surface area (Å²) in [5.74, 6) is -0.686. The lowest BCUT2D eigenvalue weighted by Crippen LogP contribution is -2.42. The van der Waals surface area contributed by atoms with Gasteiger partial charge in [0.25, 0.3) is 11.8 Å². The van der Waals surface area contributed by atoms with E-state index in [1.54, 1.807) is 24.3 Å². The highest BCUT2D eigenvalue weighted by molar-refractivity contribution is 6.21. The minimum absolute atomic E-state index is 0.0445. The third-order valence-electron chi connectivity index (χ3n) is 2.53. The zero-order valence-corrected chi connectivity index (χ0v) is 8.59. The normalized spacial score (nSPS) is 16.5. The maximum absolute atomic E-state index is 11.8. The topological polar surface area (TPSA) is 83.6 Å². The Morgan fingerprint density at radius 1 is 1.19 bits per heavy atom. The maximum Gasteiger partial charge on any atom is 0.261 e. The van der Waals surface area contributed by atoms with E-state index in [9.17, 15) is 9.59 Å². The Bertz CT molecular complexity index is 410. The first-order chi connectivity index (χ1) is 7.65. The predicted octanol–water partition coefficient (Wildman–Crippen LogP) is -0.398. The van der Waals surface area contributed by atoms with Crippen molar-refractivity contribution in [3.05, 3.63) is 35.4 Å². The molecule has 1 atom stereocenters. The van der Waals surface area contributed by atoms with Gasteiger partial charge in [0.05, 0.1) is 17.7 Å². The Labute approximate surface area is 92.5 Å². The Morgan fingerprint density at radius 2 is 1.69 bits per heavy atom. The molecule has 5 nitrogen and oxygen atoms in total. The summed E-state index contributed by atoms with van der Waals surface area (Å²) >= 11 is 0. The molecule has 1 heterocycles. The summed E-state index contributed by atoms with van der Waals surface area (Å²) in [5.41, 5.74) is 6.32. The van der Waals surface area contributed by atoms with Crippen LogP contribution in [0, 0.1) is 0 Å². The number of nitrogens with zero attached hydrogens (tertiary/aromatic N) is 1. The Balaban J connectivity index is 2.28. The highest BCUT2D eigenvalue weighted by atomic mass is 16.3. The molecule has 0 unspecified atom stereocenters. The van der Waals surface area contributed by atoms with Crippen LogP contribution in [-0.4, -0.2) is 41.0 Å². The summed E-state index contributed by atoms with van der Waals surface area (Å²) in [6.45, 7) is -0.212. The second-order valence-corrected chi connectivity index (χ2v) is 3.71. The summed E-state index contributed by atoms with van der Waals surface area (Å²) in [6.07, 6.45) is 0. The van der Waals surface area contributed by atoms with Crippen LogP contribution in [0.5, 0.6) is 0 Å². The summed E-state index contributed by atoms with van der Waals surface area (Å²) in [4.78, 5) is 24.7. The van der Waals surface area contributed by atoms with Gasteiger partial charge in [-0.05, 0) is 12.1 Å². The molecule has 1 aliphatic rings. The van der Waals surface area contributed by atoms with Crippen LogP contribution in [0.4, 0.5) is 0 Å². The maximum atomic E-state index is 11.8. The van der Waals surface area contributed by atoms with Gasteiger partial charge in [-0.25, -0.2) is 0 Å². The van der Waals surface area contributed by atoms with E-state index in [-0.39, 0.29) is 25.0 Å². The molecule has 0 fully saturated rings. The fraction of sp³-hybridized carbons (Fsp3) is 0.273. The fourth-order valence-corrected chi connectivity index (χ4v) is 1.70. The fourth-order valence-electron chi connectivity index (χ4n) is 1.70. The van der Waals surface area contributed by atoms with Crippen molar-refractivity contribution >= 4 is 11.8 Å². The van der Waals surface area contributed by atoms with Gasteiger partial charge in [0.1, 0.15) is 0 Å². The number of carbonyl (C=O) groups excluding carboxylic acids is 2. The van der Waals surface area contributed by atoms with Crippen molar-refractivity contribution in [1.29, 1.82) is 0 Å². The smallest absolute Gasteiger partial charge is 0.261 e. The number of amides is 2. The van der Waals surface area contributed by atoms with E-state index in [1.165, 1.54) is 0 Å². The molecule has 0 aromatic heterocycles. The molecule has 2 amide bonds. The molecule has 0 bridgehead atoms. The number of nitrogens with two attached hydrogens (primary N) is 1. The molecule has 1 aliphatic heterocycles. The molecular weight excluding hydrogens is 208 g/mol. The SMILES string of the molecule is N[C@H](CO)CN1C(=O)c2ccccc2C1=O. The number of imide groups is 1. The number of aliphatic hydroxyl groups is 1. The molecule has 2 rings (SSSR count). The lowest BCUT2D eigenvalue weighted by molar-refractivity contribution is 0.0633. The molecule has 84 valence electrons. The van der Waals surface area contributed by atoms with E-state index >= 15 is 0 Å². The van der Waals surface area contributed by atoms with Gasteiger partial charge in [-0.1, -0.05) is 12.1 Å². The lowest BCUT2D eigenvalue weighted by Gasteiger charge is -2.17. The molecular formula is C11H12N2O3. The largest absolute Gasteiger partial charge is 0.395 e. The highest BCUT2D eigenvalue weighted by Crippen LogP contribution is 2.22. The summed E-state index contributed by atoms with van der Waals surface area (Å²) < 4.78 is 0. The molecule has 1 aromatic carbocycles. The van der Waals surface area contributed by atoms with Gasteiger partial charge < -0.3 is 10.8 Å². The number of aliphatic hydroxyl groups excluding tert-OH is 1. The molecule has 0 spiro atoms. The number of hydrogen-bond donors (Lipinski definition) is 2. The van der Waals surface area contributed by atoms with Gasteiger partial charge in [-0.15, -0.1) is 0 Å². The molecule has 0 saturated heterocycles. The van der Waals surface area contributed by atoms with Crippen molar-refractivity contribution in [2.45, 2.75) is 6.04 Å². The van der Waals surface area contributed by atoms with E-state index in [0.717, 1.165) is 4.90 Å². The zero-order valence-electron chi connectivity index (χ0n) is 8.59. The average molecular weight is 220 g/mol. The van der Waals surface area contributed by atoms with E-state index in [4.69, 9.17) is 10.8 Å². The van der Waals surface area contributed by atoms with Gasteiger partial charge in [-0.3, -0.25) is 14.5 Å². The molecule has 0 radical (unpaired) electrons. The standard InChI is InChI=1S/C11H12N2O3/c12-7(6-14)5-13-10(15)8-3-1-2-4-9(8)11(13)16/h1-4,7,14H,5-6,12H2/t7-/m0/s1. The van der Waals surface area contributed by atoms with Crippen LogP contribution in [0.25, 0.3) is 0 Å². The summed E-state index contributed by atoms with van der Waals surface area (Å²) in [6, 6.07) is 6.04. The van der Waals surface area contributed by atoms with E-state index in [1.807, 2.05) is 0 Å². The number of carbonyl (C=O) groups is 2. The van der Waals surface area contributed by atoms with Crippen LogP contribution in [0.15, 0.2) is 24.3 Å². The van der Waals surface area contributed by atoms with E-state index in [2.05, 4.69) is 0 Å². The molecule has 5 heteroatoms. The Hall–Kier alpha value is -1.72. The molecule has 0 saturated carbocycles. The van der Waals surface area contributed by atoms with Gasteiger partial charge in [0.2, 0.25) is 0 Å². The quantitative estimate of drug-likeness (QED) is 0.679. The van der Waals surface area contributed by atoms with Crippen LogP contribution in [0.2, 0.25) is 0 Å². The number of rotatable bonds is 3. The average Bonchev–Trinajstić information content (AvgIpc) is 2.55. The molecule has 1 aromatic rings. The van der Waals surface area contributed by atoms with Gasteiger partial charge in [-0.2, -0.15) is 0 Å². The van der Waals surface area contributed by atoms with Gasteiger partial charge >= 0.3 is 0 Å². The van der Waals surface area contributed by atoms with E-state index in [0.29, 0.717) is 11.1 Å². The Morgan fingerprint density at radius 3 is 2.12 bits per heavy atom. The second kappa shape index (κ2) is 4.03. The number of hydrogen-bond acceptors (Lipinski definition) is 4. The van der Waals surface area contributed by atoms with Crippen molar-refractivity contribution in [3.63, 3.8) is 0 Å². The van der Waals surface area contributed by atoms with Crippen LogP contribution in [0.1, 0.15) is 20.7 Å². The zero-order chi connectivity index (χ0) is 11.7. The minimum atomic E-state index is -0.595. The lowest BCUT2D eigenvalue weighted by atomic mass is 10.1. The molecule has 3 N–H and O–H groups in total. The van der Waals surface area contributed by atoms with Gasteiger partial charge in [0.15, 0.2) is 0 Å². The first kappa shape index (κ1) is 10.8. The minimum Gasteiger partial charge on any atom is -0.395 e. The van der Waals surface area contributed by atoms with Crippen LogP contribution in [0.3, 0.4) is 0 Å². The van der Waals surface area contributed by atoms with Crippen molar-refractivity contribution in [1.82, 2.24) is 4.90 Å². The van der Waals surface area contributed by atoms with E-state index < -0.39 is 6.04 Å². The highest BCUT2D eigenvalue weighted by Gasteiger charge is 2.35. The van der Waals surface area contributed by atoms with Gasteiger partial charge in [0, 0.05) is 12.6 Å². The predicted molar refractivity (Wildman–Crippen MR) is 56.9 cm³/mol. The van der Waals surface area contributed by atoms with Crippen LogP contribution < -0.4 is 5.73 Å². The first-order valence-electron chi connectivity index (χ1n) is 4.97. The van der Waals surface area contributed by atoms with Crippen LogP contribution in [-0.2, 0) is 0 Å². The summed E-state index contributed by atoms with van der Waals surface area (Å²) in [7, 11) is 0. The van der Waals surface area contributed by atoms with Crippen molar-refractivity contribution in [2.75, 3.05) is 13.2 Å². The third-order valence-corrected chi connectivity index (χ3v) is 2.53. The second-order valence-electron chi connectivity index (χ2n) is 3.71. The molecule has 16 heavy (non-hydrogen) atoms.